The van der Waals surface area contributed by atoms with E-state index in [1.807, 2.05) is 6.08 Å². The maximum atomic E-state index is 7.17. The zero-order valence-corrected chi connectivity index (χ0v) is 34.2. The topological polar surface area (TPSA) is 36.9 Å². The van der Waals surface area contributed by atoms with E-state index >= 15 is 0 Å². The molecule has 260 valence electrons. The van der Waals surface area contributed by atoms with Gasteiger partial charge in [0.2, 0.25) is 0 Å². The van der Waals surface area contributed by atoms with Crippen LogP contribution in [0.25, 0.3) is 0 Å². The van der Waals surface area contributed by atoms with E-state index in [0.29, 0.717) is 17.8 Å². The first kappa shape index (κ1) is 42.0. The summed E-state index contributed by atoms with van der Waals surface area (Å²) in [6.07, 6.45) is 22.1. The Balaban J connectivity index is 3.05. The van der Waals surface area contributed by atoms with E-state index < -0.39 is 16.6 Å². The summed E-state index contributed by atoms with van der Waals surface area (Å²) in [4.78, 5) is 0. The maximum Gasteiger partial charge on any atom is 0.192 e. The zero-order valence-electron chi connectivity index (χ0n) is 32.2. The molecule has 8 atom stereocenters. The van der Waals surface area contributed by atoms with Crippen LogP contribution in [0.3, 0.4) is 0 Å². The monoisotopic (exact) mass is 660 g/mol. The molecule has 0 spiro atoms. The van der Waals surface area contributed by atoms with Crippen molar-refractivity contribution in [2.45, 2.75) is 157 Å². The molecule has 0 aromatic heterocycles. The average molecular weight is 661 g/mol. The lowest BCUT2D eigenvalue weighted by molar-refractivity contribution is -0.117. The summed E-state index contributed by atoms with van der Waals surface area (Å²) in [7, 11) is -2.04. The average Bonchev–Trinajstić information content (AvgIpc) is 2.94. The molecule has 0 radical (unpaired) electrons. The van der Waals surface area contributed by atoms with Crippen LogP contribution in [-0.4, -0.2) is 48.3 Å². The molecule has 1 aliphatic heterocycles. The van der Waals surface area contributed by atoms with Crippen LogP contribution >= 0.6 is 0 Å². The van der Waals surface area contributed by atoms with Crippen LogP contribution in [0.4, 0.5) is 0 Å². The number of hydrogen-bond donors (Lipinski definition) is 0. The summed E-state index contributed by atoms with van der Waals surface area (Å²) in [6, 6.07) is 0. The first-order chi connectivity index (χ1) is 20.7. The normalized spacial score (nSPS) is 23.4. The van der Waals surface area contributed by atoms with Gasteiger partial charge < -0.3 is 18.3 Å². The molecule has 4 nitrogen and oxygen atoms in total. The molecule has 1 rings (SSSR count). The first-order valence-corrected chi connectivity index (χ1v) is 24.0. The van der Waals surface area contributed by atoms with Gasteiger partial charge in [-0.05, 0) is 87.8 Å². The third kappa shape index (κ3) is 15.2. The van der Waals surface area contributed by atoms with Gasteiger partial charge in [0, 0.05) is 13.0 Å². The molecule has 45 heavy (non-hydrogen) atoms. The van der Waals surface area contributed by atoms with Gasteiger partial charge in [-0.15, -0.1) is 0 Å². The Morgan fingerprint density at radius 3 is 2.13 bits per heavy atom. The van der Waals surface area contributed by atoms with Crippen molar-refractivity contribution in [2.75, 3.05) is 7.11 Å². The van der Waals surface area contributed by atoms with Gasteiger partial charge in [0.25, 0.3) is 0 Å². The fourth-order valence-corrected chi connectivity index (χ4v) is 8.35. The highest BCUT2D eigenvalue weighted by molar-refractivity contribution is 6.74. The van der Waals surface area contributed by atoms with E-state index in [1.165, 1.54) is 11.1 Å². The molecule has 0 aromatic carbocycles. The lowest BCUT2D eigenvalue weighted by Crippen LogP contribution is -2.51. The molecule has 0 fully saturated rings. The second-order valence-corrected chi connectivity index (χ2v) is 25.3. The highest BCUT2D eigenvalue weighted by atomic mass is 28.4. The highest BCUT2D eigenvalue weighted by Gasteiger charge is 2.43. The minimum atomic E-state index is -1.94. The van der Waals surface area contributed by atoms with Crippen molar-refractivity contribution in [2.24, 2.45) is 23.7 Å². The quantitative estimate of drug-likeness (QED) is 0.0833. The predicted molar refractivity (Wildman–Crippen MR) is 202 cm³/mol. The van der Waals surface area contributed by atoms with Crippen LogP contribution in [0.1, 0.15) is 94.9 Å². The van der Waals surface area contributed by atoms with Gasteiger partial charge in [-0.2, -0.15) is 0 Å². The number of methoxy groups -OCH3 is 1. The lowest BCUT2D eigenvalue weighted by atomic mass is 9.83. The molecule has 6 heteroatoms. The second-order valence-electron chi connectivity index (χ2n) is 16.1. The minimum Gasteiger partial charge on any atom is -0.414 e. The van der Waals surface area contributed by atoms with Gasteiger partial charge in [0.05, 0.1) is 18.3 Å². The molecule has 0 saturated heterocycles. The molecular weight excluding hydrogens is 589 g/mol. The van der Waals surface area contributed by atoms with E-state index in [0.717, 1.165) is 25.7 Å². The van der Waals surface area contributed by atoms with E-state index in [-0.39, 0.29) is 35.6 Å². The Kier molecular flexibility index (Phi) is 17.8. The lowest BCUT2D eigenvalue weighted by Gasteiger charge is -2.46. The molecule has 0 amide bonds. The van der Waals surface area contributed by atoms with Gasteiger partial charge in [-0.3, -0.25) is 0 Å². The van der Waals surface area contributed by atoms with Crippen molar-refractivity contribution in [3.05, 3.63) is 59.8 Å². The maximum absolute atomic E-state index is 7.17. The van der Waals surface area contributed by atoms with Gasteiger partial charge in [0.1, 0.15) is 0 Å². The molecule has 0 bridgehead atoms. The van der Waals surface area contributed by atoms with E-state index in [1.54, 1.807) is 7.11 Å². The molecule has 1 heterocycles. The summed E-state index contributed by atoms with van der Waals surface area (Å²) < 4.78 is 25.4. The Morgan fingerprint density at radius 2 is 1.60 bits per heavy atom. The smallest absolute Gasteiger partial charge is 0.192 e. The molecule has 0 N–H and O–H groups in total. The summed E-state index contributed by atoms with van der Waals surface area (Å²) in [5.74, 6) is 1.52. The Labute approximate surface area is 282 Å². The van der Waals surface area contributed by atoms with Crippen molar-refractivity contribution < 1.29 is 18.3 Å². The van der Waals surface area contributed by atoms with Crippen LogP contribution in [-0.2, 0) is 18.3 Å². The molecule has 0 aromatic rings. The summed E-state index contributed by atoms with van der Waals surface area (Å²) in [5, 5.41) is 0.177. The highest BCUT2D eigenvalue weighted by Crippen LogP contribution is 2.41. The second kappa shape index (κ2) is 19.1. The van der Waals surface area contributed by atoms with Crippen LogP contribution in [0.2, 0.25) is 37.8 Å². The molecule has 0 unspecified atom stereocenters. The van der Waals surface area contributed by atoms with Crippen LogP contribution < -0.4 is 0 Å². The molecular formula is C39H72O4Si2. The SMILES string of the molecule is CCC(=C/[C@H](C)C/C=C/C(C)=C/[C@@H](C)[C@H](O[Si](C)(C)C)[C@@H](C)[C@H](O[Si](C)(C)C(C)(C)C)[C@@H](C)CC)/C=C/[C@H]1CC=C[C@H](OC)O1. The standard InChI is InChI=1S/C39H72O4Si2/c1-17-31(5)37(43-45(15,16)39(8,9)10)33(7)38(42-44(12,13)14)32(6)27-29(3)21-19-22-30(4)28-34(18-2)25-26-35-23-20-24-36(40-11)41-35/h19-21,24-28,30-33,35-38H,17-18,22-23H2,1-16H3/b21-19+,26-25+,29-27+,34-28-/t30-,31+,32-,33+,35-,36-,37-,38+/m1/s1. The third-order valence-corrected chi connectivity index (χ3v) is 15.0. The summed E-state index contributed by atoms with van der Waals surface area (Å²) >= 11 is 0. The van der Waals surface area contributed by atoms with Crippen molar-refractivity contribution in [3.8, 4) is 0 Å². The Morgan fingerprint density at radius 1 is 0.956 bits per heavy atom. The minimum absolute atomic E-state index is 0.0652. The first-order valence-electron chi connectivity index (χ1n) is 17.7. The molecule has 0 aliphatic carbocycles. The molecule has 1 aliphatic rings. The van der Waals surface area contributed by atoms with E-state index in [2.05, 4.69) is 145 Å². The largest absolute Gasteiger partial charge is 0.414 e. The van der Waals surface area contributed by atoms with E-state index in [9.17, 15) is 0 Å². The van der Waals surface area contributed by atoms with E-state index in [4.69, 9.17) is 18.3 Å². The number of hydrogen-bond acceptors (Lipinski definition) is 4. The molecule has 0 saturated carbocycles. The van der Waals surface area contributed by atoms with Gasteiger partial charge >= 0.3 is 0 Å². The summed E-state index contributed by atoms with van der Waals surface area (Å²) in [6.45, 7) is 34.9. The predicted octanol–water partition coefficient (Wildman–Crippen LogP) is 11.7. The van der Waals surface area contributed by atoms with Gasteiger partial charge in [-0.25, -0.2) is 0 Å². The number of rotatable bonds is 18. The van der Waals surface area contributed by atoms with Crippen molar-refractivity contribution in [3.63, 3.8) is 0 Å². The van der Waals surface area contributed by atoms with Crippen molar-refractivity contribution >= 4 is 16.6 Å². The third-order valence-electron chi connectivity index (χ3n) is 9.53. The van der Waals surface area contributed by atoms with Crippen LogP contribution in [0, 0.1) is 23.7 Å². The summed E-state index contributed by atoms with van der Waals surface area (Å²) in [5.41, 5.74) is 2.64. The van der Waals surface area contributed by atoms with Crippen LogP contribution in [0.15, 0.2) is 59.8 Å². The fraction of sp³-hybridized carbons (Fsp3) is 0.744. The van der Waals surface area contributed by atoms with Crippen LogP contribution in [0.5, 0.6) is 0 Å². The van der Waals surface area contributed by atoms with Crippen molar-refractivity contribution in [1.82, 2.24) is 0 Å². The fourth-order valence-electron chi connectivity index (χ4n) is 5.62. The van der Waals surface area contributed by atoms with Crippen molar-refractivity contribution in [1.29, 1.82) is 0 Å². The van der Waals surface area contributed by atoms with Gasteiger partial charge in [-0.1, -0.05) is 122 Å². The Bertz CT molecular complexity index is 1010. The Hall–Kier alpha value is -1.03. The van der Waals surface area contributed by atoms with Gasteiger partial charge in [0.15, 0.2) is 22.9 Å². The number of allylic oxidation sites excluding steroid dienone is 6. The zero-order chi connectivity index (χ0) is 34.6. The number of ether oxygens (including phenoxy) is 2.